The molecule has 0 saturated carbocycles. The van der Waals surface area contributed by atoms with Crippen molar-refractivity contribution in [1.29, 1.82) is 0 Å². The Morgan fingerprint density at radius 1 is 1.43 bits per heavy atom. The molecule has 0 saturated heterocycles. The molecule has 1 aromatic rings. The van der Waals surface area contributed by atoms with Gasteiger partial charge in [0.25, 0.3) is 0 Å². The molecule has 0 amide bonds. The highest BCUT2D eigenvalue weighted by molar-refractivity contribution is 14.1. The molecule has 1 heterocycles. The molecule has 0 radical (unpaired) electrons. The summed E-state index contributed by atoms with van der Waals surface area (Å²) >= 11 is 2.39. The molecule has 0 unspecified atom stereocenters. The van der Waals surface area contributed by atoms with E-state index in [9.17, 15) is 0 Å². The van der Waals surface area contributed by atoms with E-state index in [2.05, 4.69) is 60.9 Å². The van der Waals surface area contributed by atoms with E-state index >= 15 is 0 Å². The number of benzene rings is 1. The van der Waals surface area contributed by atoms with Gasteiger partial charge in [0, 0.05) is 17.7 Å². The summed E-state index contributed by atoms with van der Waals surface area (Å²) in [6.07, 6.45) is 0. The van der Waals surface area contributed by atoms with Crippen LogP contribution in [0.5, 0.6) is 0 Å². The molecule has 1 aliphatic heterocycles. The van der Waals surface area contributed by atoms with Crippen LogP contribution in [0.4, 0.5) is 11.4 Å². The molecule has 2 rings (SSSR count). The van der Waals surface area contributed by atoms with E-state index in [1.54, 1.807) is 0 Å². The first kappa shape index (κ1) is 10.1. The number of hydrogen-bond acceptors (Lipinski definition) is 3. The summed E-state index contributed by atoms with van der Waals surface area (Å²) in [4.78, 5) is 0. The van der Waals surface area contributed by atoms with Gasteiger partial charge in [0.05, 0.1) is 11.4 Å². The van der Waals surface area contributed by atoms with Gasteiger partial charge in [-0.15, -0.1) is 5.12 Å². The van der Waals surface area contributed by atoms with Crippen LogP contribution in [-0.2, 0) is 0 Å². The van der Waals surface area contributed by atoms with Crippen LogP contribution in [0.15, 0.2) is 6.07 Å². The molecule has 1 aliphatic rings. The average molecular weight is 301 g/mol. The molecule has 0 fully saturated rings. The first-order chi connectivity index (χ1) is 6.52. The van der Waals surface area contributed by atoms with Gasteiger partial charge in [-0.25, -0.2) is 0 Å². The maximum Gasteiger partial charge on any atom is 0.139 e. The van der Waals surface area contributed by atoms with Gasteiger partial charge in [0.1, 0.15) is 7.85 Å². The van der Waals surface area contributed by atoms with Crippen LogP contribution < -0.4 is 15.9 Å². The van der Waals surface area contributed by atoms with E-state index in [1.807, 2.05) is 12.2 Å². The predicted octanol–water partition coefficient (Wildman–Crippen LogP) is 0.482. The molecule has 0 spiro atoms. The normalized spacial score (nSPS) is 15.6. The van der Waals surface area contributed by atoms with Crippen LogP contribution in [-0.4, -0.2) is 27.1 Å². The highest BCUT2D eigenvalue weighted by Crippen LogP contribution is 2.37. The lowest BCUT2D eigenvalue weighted by atomic mass is 9.90. The van der Waals surface area contributed by atoms with Crippen molar-refractivity contribution in [3.63, 3.8) is 0 Å². The van der Waals surface area contributed by atoms with Gasteiger partial charge >= 0.3 is 0 Å². The fourth-order valence-corrected chi connectivity index (χ4v) is 2.79. The zero-order chi connectivity index (χ0) is 10.5. The fraction of sp³-hybridized carbons (Fsp3) is 0.333. The molecular formula is C9H13BIN3. The monoisotopic (exact) mass is 301 g/mol. The minimum atomic E-state index is 1.24. The van der Waals surface area contributed by atoms with Crippen molar-refractivity contribution in [2.75, 3.05) is 24.5 Å². The second-order valence-electron chi connectivity index (χ2n) is 3.68. The predicted molar refractivity (Wildman–Crippen MR) is 71.9 cm³/mol. The Bertz CT molecular complexity index is 394. The molecular weight excluding hydrogens is 288 g/mol. The smallest absolute Gasteiger partial charge is 0.139 e. The zero-order valence-electron chi connectivity index (χ0n) is 8.85. The molecule has 3 nitrogen and oxygen atoms in total. The summed E-state index contributed by atoms with van der Waals surface area (Å²) < 4.78 is 1.29. The molecule has 0 aromatic heterocycles. The summed E-state index contributed by atoms with van der Waals surface area (Å²) in [5, 5.41) is 4.13. The van der Waals surface area contributed by atoms with E-state index in [-0.39, 0.29) is 0 Å². The first-order valence-corrected chi connectivity index (χ1v) is 5.64. The van der Waals surface area contributed by atoms with Gasteiger partial charge in [-0.2, -0.15) is 0 Å². The van der Waals surface area contributed by atoms with Crippen molar-refractivity contribution >= 4 is 47.3 Å². The topological polar surface area (TPSA) is 18.5 Å². The number of nitrogens with one attached hydrogen (secondary N) is 1. The Labute approximate surface area is 98.9 Å². The number of nitrogens with zero attached hydrogens (tertiary/aromatic N) is 2. The van der Waals surface area contributed by atoms with Crippen LogP contribution in [0.1, 0.15) is 5.56 Å². The van der Waals surface area contributed by atoms with Crippen molar-refractivity contribution in [3.8, 4) is 0 Å². The molecule has 1 aromatic carbocycles. The maximum atomic E-state index is 3.35. The number of halogens is 1. The standard InChI is InChI=1S/C9H13BIN3/c1-5-6(10)4-7(11)9-8(5)12-14(3)13(9)2/h4,12H,10H2,1-3H3. The molecule has 0 atom stereocenters. The van der Waals surface area contributed by atoms with E-state index in [1.165, 1.54) is 26.0 Å². The third-order valence-corrected chi connectivity index (χ3v) is 3.64. The quantitative estimate of drug-likeness (QED) is 0.555. The van der Waals surface area contributed by atoms with Gasteiger partial charge in [-0.05, 0) is 35.1 Å². The second kappa shape index (κ2) is 3.31. The van der Waals surface area contributed by atoms with Crippen LogP contribution in [0.3, 0.4) is 0 Å². The number of hydrogen-bond donors (Lipinski definition) is 1. The molecule has 14 heavy (non-hydrogen) atoms. The Hall–Kier alpha value is -0.425. The van der Waals surface area contributed by atoms with Crippen molar-refractivity contribution in [2.24, 2.45) is 0 Å². The van der Waals surface area contributed by atoms with Gasteiger partial charge in [0.2, 0.25) is 0 Å². The number of fused-ring (bicyclic) bond motifs is 1. The largest absolute Gasteiger partial charge is 0.299 e. The maximum absolute atomic E-state index is 3.35. The summed E-state index contributed by atoms with van der Waals surface area (Å²) in [5.74, 6) is 0. The Morgan fingerprint density at radius 3 is 2.71 bits per heavy atom. The highest BCUT2D eigenvalue weighted by atomic mass is 127. The summed E-state index contributed by atoms with van der Waals surface area (Å²) in [7, 11) is 6.23. The van der Waals surface area contributed by atoms with Crippen LogP contribution in [0.25, 0.3) is 0 Å². The highest BCUT2D eigenvalue weighted by Gasteiger charge is 2.25. The Morgan fingerprint density at radius 2 is 2.07 bits per heavy atom. The summed E-state index contributed by atoms with van der Waals surface area (Å²) in [6, 6.07) is 2.23. The molecule has 74 valence electrons. The van der Waals surface area contributed by atoms with Crippen LogP contribution >= 0.6 is 22.6 Å². The Balaban J connectivity index is 2.67. The summed E-state index contributed by atoms with van der Waals surface area (Å²) in [6.45, 7) is 2.16. The van der Waals surface area contributed by atoms with Gasteiger partial charge in [-0.1, -0.05) is 11.5 Å². The number of rotatable bonds is 0. The SMILES string of the molecule is Bc1cc(I)c2c(c1C)NN(C)N2C. The van der Waals surface area contributed by atoms with Crippen molar-refractivity contribution in [1.82, 2.24) is 5.12 Å². The van der Waals surface area contributed by atoms with Gasteiger partial charge in [-0.3, -0.25) is 10.4 Å². The number of anilines is 2. The van der Waals surface area contributed by atoms with Crippen LogP contribution in [0, 0.1) is 10.5 Å². The van der Waals surface area contributed by atoms with Crippen molar-refractivity contribution in [2.45, 2.75) is 6.92 Å². The fourth-order valence-electron chi connectivity index (χ4n) is 1.70. The average Bonchev–Trinajstić information content (AvgIpc) is 2.40. The minimum absolute atomic E-state index is 1.24. The van der Waals surface area contributed by atoms with Crippen LogP contribution in [0.2, 0.25) is 0 Å². The van der Waals surface area contributed by atoms with E-state index < -0.39 is 0 Å². The first-order valence-electron chi connectivity index (χ1n) is 4.56. The molecule has 0 aliphatic carbocycles. The Kier molecular flexibility index (Phi) is 2.39. The lowest BCUT2D eigenvalue weighted by Crippen LogP contribution is -2.34. The third-order valence-electron chi connectivity index (χ3n) is 2.82. The van der Waals surface area contributed by atoms with E-state index in [4.69, 9.17) is 0 Å². The molecule has 5 heteroatoms. The summed E-state index contributed by atoms with van der Waals surface area (Å²) in [5.41, 5.74) is 8.53. The van der Waals surface area contributed by atoms with Crippen molar-refractivity contribution < 1.29 is 0 Å². The zero-order valence-corrected chi connectivity index (χ0v) is 11.0. The van der Waals surface area contributed by atoms with Gasteiger partial charge in [0.15, 0.2) is 0 Å². The number of hydrazine groups is 2. The lowest BCUT2D eigenvalue weighted by Gasteiger charge is -2.20. The van der Waals surface area contributed by atoms with E-state index in [0.29, 0.717) is 0 Å². The molecule has 1 N–H and O–H groups in total. The third kappa shape index (κ3) is 1.30. The minimum Gasteiger partial charge on any atom is -0.299 e. The lowest BCUT2D eigenvalue weighted by molar-refractivity contribution is 0.412. The van der Waals surface area contributed by atoms with Gasteiger partial charge < -0.3 is 0 Å². The van der Waals surface area contributed by atoms with Crippen molar-refractivity contribution in [3.05, 3.63) is 15.2 Å². The molecule has 0 bridgehead atoms. The second-order valence-corrected chi connectivity index (χ2v) is 4.85. The van der Waals surface area contributed by atoms with E-state index in [0.717, 1.165) is 0 Å².